The Morgan fingerprint density at radius 3 is 0.984 bits per heavy atom. The van der Waals surface area contributed by atoms with E-state index in [0.717, 1.165) is 103 Å². The Morgan fingerprint density at radius 1 is 0.333 bits per heavy atom. The molecule has 6 nitrogen and oxygen atoms in total. The SMILES string of the molecule is CC/C=C\C/C=C\C/C=C\C/C=C\CCCCCCC(=O)OC(COC(=O)CCCCCCC)COC(=O)CCCCCCCCCCCCC/C=C\CCCCCCCCCC. The van der Waals surface area contributed by atoms with Gasteiger partial charge in [0.25, 0.3) is 0 Å². The Morgan fingerprint density at radius 2 is 0.619 bits per heavy atom. The van der Waals surface area contributed by atoms with Crippen LogP contribution in [0.15, 0.2) is 60.8 Å². The molecule has 0 heterocycles. The van der Waals surface area contributed by atoms with Gasteiger partial charge in [-0.3, -0.25) is 14.4 Å². The Bertz CT molecular complexity index is 1150. The zero-order chi connectivity index (χ0) is 45.8. The van der Waals surface area contributed by atoms with Crippen molar-refractivity contribution in [1.82, 2.24) is 0 Å². The van der Waals surface area contributed by atoms with Gasteiger partial charge in [0.2, 0.25) is 0 Å². The molecule has 0 saturated carbocycles. The van der Waals surface area contributed by atoms with Gasteiger partial charge in [-0.1, -0.05) is 223 Å². The topological polar surface area (TPSA) is 78.9 Å². The van der Waals surface area contributed by atoms with E-state index in [-0.39, 0.29) is 31.1 Å². The molecule has 0 aromatic heterocycles. The fraction of sp³-hybridized carbons (Fsp3) is 0.772. The van der Waals surface area contributed by atoms with E-state index in [4.69, 9.17) is 14.2 Å². The molecule has 0 aromatic carbocycles. The van der Waals surface area contributed by atoms with Crippen molar-refractivity contribution in [2.45, 2.75) is 271 Å². The van der Waals surface area contributed by atoms with Crippen LogP contribution >= 0.6 is 0 Å². The second-order valence-electron chi connectivity index (χ2n) is 17.8. The first-order valence-electron chi connectivity index (χ1n) is 26.8. The first-order valence-corrected chi connectivity index (χ1v) is 26.8. The fourth-order valence-electron chi connectivity index (χ4n) is 7.49. The third-order valence-electron chi connectivity index (χ3n) is 11.5. The molecule has 0 aliphatic rings. The highest BCUT2D eigenvalue weighted by molar-refractivity contribution is 5.71. The molecule has 0 bridgehead atoms. The molecule has 0 aliphatic carbocycles. The number of unbranched alkanes of at least 4 members (excludes halogenated alkanes) is 27. The van der Waals surface area contributed by atoms with Crippen LogP contribution in [0.3, 0.4) is 0 Å². The van der Waals surface area contributed by atoms with Gasteiger partial charge in [-0.2, -0.15) is 0 Å². The van der Waals surface area contributed by atoms with E-state index >= 15 is 0 Å². The van der Waals surface area contributed by atoms with Gasteiger partial charge < -0.3 is 14.2 Å². The molecule has 1 atom stereocenters. The number of ether oxygens (including phenoxy) is 3. The van der Waals surface area contributed by atoms with E-state index in [1.165, 1.54) is 122 Å². The van der Waals surface area contributed by atoms with E-state index in [1.807, 2.05) is 0 Å². The fourth-order valence-corrected chi connectivity index (χ4v) is 7.49. The molecule has 0 spiro atoms. The molecule has 0 radical (unpaired) electrons. The maximum atomic E-state index is 12.7. The smallest absolute Gasteiger partial charge is 0.306 e. The third-order valence-corrected chi connectivity index (χ3v) is 11.5. The summed E-state index contributed by atoms with van der Waals surface area (Å²) < 4.78 is 16.7. The van der Waals surface area contributed by atoms with Crippen molar-refractivity contribution < 1.29 is 28.6 Å². The van der Waals surface area contributed by atoms with Gasteiger partial charge in [-0.05, 0) is 83.5 Å². The maximum Gasteiger partial charge on any atom is 0.306 e. The predicted octanol–water partition coefficient (Wildman–Crippen LogP) is 17.6. The molecule has 0 rings (SSSR count). The first-order chi connectivity index (χ1) is 31.0. The molecule has 0 fully saturated rings. The number of carbonyl (C=O) groups is 3. The Hall–Kier alpha value is -2.89. The number of hydrogen-bond acceptors (Lipinski definition) is 6. The van der Waals surface area contributed by atoms with E-state index < -0.39 is 6.10 Å². The molecule has 0 amide bonds. The zero-order valence-corrected chi connectivity index (χ0v) is 41.6. The summed E-state index contributed by atoms with van der Waals surface area (Å²) in [4.78, 5) is 37.7. The van der Waals surface area contributed by atoms with Crippen LogP contribution in [-0.2, 0) is 28.6 Å². The Balaban J connectivity index is 4.13. The van der Waals surface area contributed by atoms with Crippen LogP contribution in [0.25, 0.3) is 0 Å². The minimum Gasteiger partial charge on any atom is -0.462 e. The van der Waals surface area contributed by atoms with Gasteiger partial charge in [-0.15, -0.1) is 0 Å². The van der Waals surface area contributed by atoms with Crippen molar-refractivity contribution in [1.29, 1.82) is 0 Å². The summed E-state index contributed by atoms with van der Waals surface area (Å²) in [6, 6.07) is 0. The molecular weight excluding hydrogens is 781 g/mol. The van der Waals surface area contributed by atoms with Gasteiger partial charge in [0.05, 0.1) is 0 Å². The van der Waals surface area contributed by atoms with Crippen LogP contribution < -0.4 is 0 Å². The molecule has 0 N–H and O–H groups in total. The number of allylic oxidation sites excluding steroid dienone is 10. The van der Waals surface area contributed by atoms with Crippen molar-refractivity contribution in [2.24, 2.45) is 0 Å². The van der Waals surface area contributed by atoms with E-state index in [0.29, 0.717) is 19.3 Å². The number of esters is 3. The highest BCUT2D eigenvalue weighted by atomic mass is 16.6. The lowest BCUT2D eigenvalue weighted by atomic mass is 10.0. The van der Waals surface area contributed by atoms with Crippen LogP contribution in [0.2, 0.25) is 0 Å². The summed E-state index contributed by atoms with van der Waals surface area (Å²) in [5.41, 5.74) is 0. The monoisotopic (exact) mass is 881 g/mol. The van der Waals surface area contributed by atoms with Crippen LogP contribution in [0, 0.1) is 0 Å². The molecule has 364 valence electrons. The van der Waals surface area contributed by atoms with Crippen molar-refractivity contribution >= 4 is 17.9 Å². The van der Waals surface area contributed by atoms with Crippen molar-refractivity contribution in [3.05, 3.63) is 60.8 Å². The quantitative estimate of drug-likeness (QED) is 0.0262. The lowest BCUT2D eigenvalue weighted by Gasteiger charge is -2.18. The van der Waals surface area contributed by atoms with E-state index in [2.05, 4.69) is 81.5 Å². The molecule has 0 saturated heterocycles. The molecule has 0 aliphatic heterocycles. The summed E-state index contributed by atoms with van der Waals surface area (Å²) in [5, 5.41) is 0. The minimum atomic E-state index is -0.783. The van der Waals surface area contributed by atoms with Gasteiger partial charge in [0, 0.05) is 19.3 Å². The molecule has 6 heteroatoms. The van der Waals surface area contributed by atoms with E-state index in [9.17, 15) is 14.4 Å². The van der Waals surface area contributed by atoms with Gasteiger partial charge in [0.15, 0.2) is 6.10 Å². The average molecular weight is 881 g/mol. The second kappa shape index (κ2) is 51.7. The number of carbonyl (C=O) groups excluding carboxylic acids is 3. The van der Waals surface area contributed by atoms with Gasteiger partial charge in [0.1, 0.15) is 13.2 Å². The molecule has 0 aromatic rings. The third kappa shape index (κ3) is 50.0. The predicted molar refractivity (Wildman–Crippen MR) is 270 cm³/mol. The largest absolute Gasteiger partial charge is 0.462 e. The summed E-state index contributed by atoms with van der Waals surface area (Å²) in [6.45, 7) is 6.43. The van der Waals surface area contributed by atoms with Crippen LogP contribution in [0.1, 0.15) is 265 Å². The van der Waals surface area contributed by atoms with Crippen molar-refractivity contribution in [3.63, 3.8) is 0 Å². The lowest BCUT2D eigenvalue weighted by Crippen LogP contribution is -2.30. The number of rotatable bonds is 48. The van der Waals surface area contributed by atoms with Gasteiger partial charge in [-0.25, -0.2) is 0 Å². The number of hydrogen-bond donors (Lipinski definition) is 0. The molecular formula is C57H100O6. The average Bonchev–Trinajstić information content (AvgIpc) is 3.28. The minimum absolute atomic E-state index is 0.0840. The lowest BCUT2D eigenvalue weighted by molar-refractivity contribution is -0.167. The standard InChI is InChI=1S/C57H100O6/c1-4-7-10-13-15-17-19-21-23-25-26-27-28-29-30-32-33-35-37-39-41-44-47-50-56(59)62-53-54(52-61-55(58)49-46-43-12-9-6-3)63-57(60)51-48-45-42-40-38-36-34-31-24-22-20-18-16-14-11-8-5-2/h8,11,16,18,22,24-26,34,36,54H,4-7,9-10,12-15,17,19-21,23,27-33,35,37-53H2,1-3H3/b11-8-,18-16-,24-22-,26-25-,36-34-. The normalized spacial score (nSPS) is 12.5. The summed E-state index contributed by atoms with van der Waals surface area (Å²) in [6.07, 6.45) is 64.0. The van der Waals surface area contributed by atoms with Crippen LogP contribution in [-0.4, -0.2) is 37.2 Å². The van der Waals surface area contributed by atoms with Crippen LogP contribution in [0.5, 0.6) is 0 Å². The molecule has 1 unspecified atom stereocenters. The zero-order valence-electron chi connectivity index (χ0n) is 41.6. The highest BCUT2D eigenvalue weighted by Gasteiger charge is 2.19. The maximum absolute atomic E-state index is 12.7. The van der Waals surface area contributed by atoms with Gasteiger partial charge >= 0.3 is 17.9 Å². The highest BCUT2D eigenvalue weighted by Crippen LogP contribution is 2.15. The Labute approximate surface area is 390 Å². The molecule has 63 heavy (non-hydrogen) atoms. The Kier molecular flexibility index (Phi) is 49.4. The summed E-state index contributed by atoms with van der Waals surface area (Å²) in [7, 11) is 0. The van der Waals surface area contributed by atoms with Crippen molar-refractivity contribution in [2.75, 3.05) is 13.2 Å². The second-order valence-corrected chi connectivity index (χ2v) is 17.8. The van der Waals surface area contributed by atoms with Crippen LogP contribution in [0.4, 0.5) is 0 Å². The van der Waals surface area contributed by atoms with E-state index in [1.54, 1.807) is 0 Å². The summed E-state index contributed by atoms with van der Waals surface area (Å²) in [5.74, 6) is -0.918. The van der Waals surface area contributed by atoms with Crippen molar-refractivity contribution in [3.8, 4) is 0 Å². The first kappa shape index (κ1) is 60.1. The summed E-state index contributed by atoms with van der Waals surface area (Å²) >= 11 is 0.